The Morgan fingerprint density at radius 2 is 1.89 bits per heavy atom. The Morgan fingerprint density at radius 3 is 2.74 bits per heavy atom. The molecular weight excluding hydrogens is 256 g/mol. The number of fused-ring (bicyclic) bond motifs is 1. The van der Waals surface area contributed by atoms with Gasteiger partial charge in [-0.15, -0.1) is 11.8 Å². The standard InChI is InChI=1S/C15H14N2OS/c16-12-6-7-13-14(8-12)18-15(17-13)10-19-9-11-4-2-1-3-5-11/h1-8H,9-10,16H2. The first-order chi connectivity index (χ1) is 9.31. The Morgan fingerprint density at radius 1 is 1.05 bits per heavy atom. The van der Waals surface area contributed by atoms with E-state index in [0.29, 0.717) is 5.69 Å². The number of anilines is 1. The molecule has 19 heavy (non-hydrogen) atoms. The van der Waals surface area contributed by atoms with E-state index in [0.717, 1.165) is 28.5 Å². The number of oxazole rings is 1. The van der Waals surface area contributed by atoms with Crippen LogP contribution in [-0.4, -0.2) is 4.98 Å². The first-order valence-corrected chi connectivity index (χ1v) is 7.23. The van der Waals surface area contributed by atoms with Crippen molar-refractivity contribution in [3.05, 3.63) is 60.0 Å². The van der Waals surface area contributed by atoms with Gasteiger partial charge in [-0.05, 0) is 17.7 Å². The van der Waals surface area contributed by atoms with Crippen LogP contribution in [0.1, 0.15) is 11.5 Å². The minimum Gasteiger partial charge on any atom is -0.440 e. The van der Waals surface area contributed by atoms with Crippen LogP contribution in [0.3, 0.4) is 0 Å². The second-order valence-electron chi connectivity index (χ2n) is 4.31. The molecule has 2 aromatic carbocycles. The van der Waals surface area contributed by atoms with Gasteiger partial charge in [-0.3, -0.25) is 0 Å². The highest BCUT2D eigenvalue weighted by molar-refractivity contribution is 7.97. The van der Waals surface area contributed by atoms with Gasteiger partial charge >= 0.3 is 0 Å². The third kappa shape index (κ3) is 2.90. The number of nitrogens with zero attached hydrogens (tertiary/aromatic N) is 1. The van der Waals surface area contributed by atoms with Crippen LogP contribution >= 0.6 is 11.8 Å². The Kier molecular flexibility index (Phi) is 3.42. The number of hydrogen-bond acceptors (Lipinski definition) is 4. The predicted octanol–water partition coefficient (Wildman–Crippen LogP) is 3.84. The number of nitrogens with two attached hydrogens (primary N) is 1. The fourth-order valence-electron chi connectivity index (χ4n) is 1.88. The van der Waals surface area contributed by atoms with Crippen molar-refractivity contribution in [2.75, 3.05) is 5.73 Å². The fourth-order valence-corrected chi connectivity index (χ4v) is 2.71. The average molecular weight is 270 g/mol. The van der Waals surface area contributed by atoms with Crippen LogP contribution in [0.5, 0.6) is 0 Å². The van der Waals surface area contributed by atoms with E-state index < -0.39 is 0 Å². The molecule has 1 aromatic heterocycles. The van der Waals surface area contributed by atoms with Gasteiger partial charge in [-0.1, -0.05) is 30.3 Å². The van der Waals surface area contributed by atoms with E-state index >= 15 is 0 Å². The van der Waals surface area contributed by atoms with E-state index in [9.17, 15) is 0 Å². The third-order valence-corrected chi connectivity index (χ3v) is 3.78. The molecule has 0 fully saturated rings. The van der Waals surface area contributed by atoms with Crippen LogP contribution < -0.4 is 5.73 Å². The molecule has 3 rings (SSSR count). The summed E-state index contributed by atoms with van der Waals surface area (Å²) in [5, 5.41) is 0. The Hall–Kier alpha value is -1.94. The molecule has 4 heteroatoms. The number of thioether (sulfide) groups is 1. The molecule has 0 atom stereocenters. The molecule has 0 unspecified atom stereocenters. The summed E-state index contributed by atoms with van der Waals surface area (Å²) in [6.45, 7) is 0. The molecule has 0 saturated carbocycles. The number of nitrogen functional groups attached to an aromatic ring is 1. The minimum absolute atomic E-state index is 0.701. The van der Waals surface area contributed by atoms with Crippen molar-refractivity contribution in [3.63, 3.8) is 0 Å². The van der Waals surface area contributed by atoms with Crippen molar-refractivity contribution in [3.8, 4) is 0 Å². The lowest BCUT2D eigenvalue weighted by molar-refractivity contribution is 0.556. The van der Waals surface area contributed by atoms with Gasteiger partial charge in [0.05, 0.1) is 5.75 Å². The molecule has 1 heterocycles. The lowest BCUT2D eigenvalue weighted by atomic mass is 10.2. The van der Waals surface area contributed by atoms with Crippen LogP contribution in [0, 0.1) is 0 Å². The molecule has 0 spiro atoms. The minimum atomic E-state index is 0.701. The van der Waals surface area contributed by atoms with Gasteiger partial charge in [0.2, 0.25) is 5.89 Å². The third-order valence-electron chi connectivity index (χ3n) is 2.79. The van der Waals surface area contributed by atoms with Gasteiger partial charge in [-0.2, -0.15) is 0 Å². The molecule has 0 amide bonds. The first-order valence-electron chi connectivity index (χ1n) is 6.08. The SMILES string of the molecule is Nc1ccc2nc(CSCc3ccccc3)oc2c1. The molecule has 3 aromatic rings. The fraction of sp³-hybridized carbons (Fsp3) is 0.133. The van der Waals surface area contributed by atoms with E-state index in [1.54, 1.807) is 11.8 Å². The van der Waals surface area contributed by atoms with Crippen molar-refractivity contribution in [1.29, 1.82) is 0 Å². The summed E-state index contributed by atoms with van der Waals surface area (Å²) in [4.78, 5) is 4.44. The first kappa shape index (κ1) is 12.1. The molecule has 0 saturated heterocycles. The van der Waals surface area contributed by atoms with Gasteiger partial charge in [0, 0.05) is 17.5 Å². The smallest absolute Gasteiger partial charge is 0.205 e. The van der Waals surface area contributed by atoms with E-state index in [-0.39, 0.29) is 0 Å². The summed E-state index contributed by atoms with van der Waals surface area (Å²) in [5.74, 6) is 2.48. The normalized spacial score (nSPS) is 10.9. The van der Waals surface area contributed by atoms with Crippen molar-refractivity contribution in [2.24, 2.45) is 0 Å². The highest BCUT2D eigenvalue weighted by atomic mass is 32.2. The Labute approximate surface area is 115 Å². The molecule has 0 aliphatic heterocycles. The van der Waals surface area contributed by atoms with Crippen molar-refractivity contribution in [2.45, 2.75) is 11.5 Å². The van der Waals surface area contributed by atoms with Gasteiger partial charge in [0.1, 0.15) is 5.52 Å². The lowest BCUT2D eigenvalue weighted by Crippen LogP contribution is -1.83. The summed E-state index contributed by atoms with van der Waals surface area (Å²) in [5.41, 5.74) is 9.35. The van der Waals surface area contributed by atoms with Gasteiger partial charge in [-0.25, -0.2) is 4.98 Å². The highest BCUT2D eigenvalue weighted by Gasteiger charge is 2.06. The molecule has 0 aliphatic rings. The Bertz CT molecular complexity index is 679. The van der Waals surface area contributed by atoms with Crippen molar-refractivity contribution < 1.29 is 4.42 Å². The second kappa shape index (κ2) is 5.36. The quantitative estimate of drug-likeness (QED) is 0.732. The predicted molar refractivity (Wildman–Crippen MR) is 79.9 cm³/mol. The topological polar surface area (TPSA) is 52.0 Å². The van der Waals surface area contributed by atoms with E-state index in [4.69, 9.17) is 10.2 Å². The van der Waals surface area contributed by atoms with Crippen LogP contribution in [0.2, 0.25) is 0 Å². The van der Waals surface area contributed by atoms with Gasteiger partial charge in [0.25, 0.3) is 0 Å². The molecule has 0 bridgehead atoms. The lowest BCUT2D eigenvalue weighted by Gasteiger charge is -1.98. The zero-order valence-electron chi connectivity index (χ0n) is 10.4. The molecule has 0 radical (unpaired) electrons. The maximum absolute atomic E-state index is 5.72. The van der Waals surface area contributed by atoms with Gasteiger partial charge < -0.3 is 10.2 Å². The maximum atomic E-state index is 5.72. The number of benzene rings is 2. The summed E-state index contributed by atoms with van der Waals surface area (Å²) in [6, 6.07) is 15.9. The van der Waals surface area contributed by atoms with Crippen LogP contribution in [0.25, 0.3) is 11.1 Å². The molecule has 2 N–H and O–H groups in total. The molecule has 3 nitrogen and oxygen atoms in total. The number of aromatic nitrogens is 1. The van der Waals surface area contributed by atoms with Crippen LogP contribution in [0.15, 0.2) is 52.9 Å². The van der Waals surface area contributed by atoms with Crippen molar-refractivity contribution >= 4 is 28.5 Å². The van der Waals surface area contributed by atoms with Crippen LogP contribution in [-0.2, 0) is 11.5 Å². The summed E-state index contributed by atoms with van der Waals surface area (Å²) in [6.07, 6.45) is 0. The zero-order valence-corrected chi connectivity index (χ0v) is 11.2. The van der Waals surface area contributed by atoms with Crippen molar-refractivity contribution in [1.82, 2.24) is 4.98 Å². The average Bonchev–Trinajstić information content (AvgIpc) is 2.82. The molecule has 96 valence electrons. The monoisotopic (exact) mass is 270 g/mol. The summed E-state index contributed by atoms with van der Waals surface area (Å²) >= 11 is 1.79. The van der Waals surface area contributed by atoms with E-state index in [2.05, 4.69) is 29.2 Å². The Balaban J connectivity index is 1.65. The second-order valence-corrected chi connectivity index (χ2v) is 5.30. The molecular formula is C15H14N2OS. The van der Waals surface area contributed by atoms with Crippen LogP contribution in [0.4, 0.5) is 5.69 Å². The van der Waals surface area contributed by atoms with E-state index in [1.807, 2.05) is 24.3 Å². The summed E-state index contributed by atoms with van der Waals surface area (Å²) < 4.78 is 5.67. The van der Waals surface area contributed by atoms with Gasteiger partial charge in [0.15, 0.2) is 5.58 Å². The maximum Gasteiger partial charge on any atom is 0.205 e. The molecule has 0 aliphatic carbocycles. The number of hydrogen-bond donors (Lipinski definition) is 1. The summed E-state index contributed by atoms with van der Waals surface area (Å²) in [7, 11) is 0. The highest BCUT2D eigenvalue weighted by Crippen LogP contribution is 2.22. The number of rotatable bonds is 4. The largest absolute Gasteiger partial charge is 0.440 e. The zero-order chi connectivity index (χ0) is 13.1. The van der Waals surface area contributed by atoms with E-state index in [1.165, 1.54) is 5.56 Å².